The summed E-state index contributed by atoms with van der Waals surface area (Å²) >= 11 is 0. The molecule has 0 aliphatic heterocycles. The minimum absolute atomic E-state index is 0.0647. The summed E-state index contributed by atoms with van der Waals surface area (Å²) in [5, 5.41) is 7.46. The van der Waals surface area contributed by atoms with Gasteiger partial charge in [0.2, 0.25) is 0 Å². The quantitative estimate of drug-likeness (QED) is 0.908. The van der Waals surface area contributed by atoms with E-state index in [1.54, 1.807) is 18.1 Å². The van der Waals surface area contributed by atoms with Crippen LogP contribution in [0.5, 0.6) is 6.01 Å². The van der Waals surface area contributed by atoms with E-state index >= 15 is 0 Å². The van der Waals surface area contributed by atoms with E-state index in [4.69, 9.17) is 9.15 Å². The average molecular weight is 278 g/mol. The normalized spacial score (nSPS) is 11.8. The van der Waals surface area contributed by atoms with Crippen LogP contribution in [0, 0.1) is 6.92 Å². The Bertz CT molecular complexity index is 566. The second-order valence-corrected chi connectivity index (χ2v) is 5.89. The van der Waals surface area contributed by atoms with Crippen molar-refractivity contribution in [2.24, 2.45) is 7.05 Å². The van der Waals surface area contributed by atoms with Crippen molar-refractivity contribution in [3.63, 3.8) is 0 Å². The molecule has 0 fully saturated rings. The van der Waals surface area contributed by atoms with E-state index in [-0.39, 0.29) is 5.54 Å². The van der Waals surface area contributed by atoms with Crippen molar-refractivity contribution in [1.29, 1.82) is 0 Å². The molecule has 2 aromatic rings. The fourth-order valence-corrected chi connectivity index (χ4v) is 1.70. The van der Waals surface area contributed by atoms with Crippen molar-refractivity contribution in [2.75, 3.05) is 0 Å². The highest BCUT2D eigenvalue weighted by molar-refractivity contribution is 5.20. The Kier molecular flexibility index (Phi) is 4.13. The lowest BCUT2D eigenvalue weighted by atomic mass is 10.1. The maximum atomic E-state index is 5.72. The molecular weight excluding hydrogens is 256 g/mol. The Labute approximate surface area is 119 Å². The average Bonchev–Trinajstić information content (AvgIpc) is 2.90. The van der Waals surface area contributed by atoms with E-state index in [1.165, 1.54) is 0 Å². The van der Waals surface area contributed by atoms with Gasteiger partial charge in [0.15, 0.2) is 0 Å². The van der Waals surface area contributed by atoms with E-state index < -0.39 is 0 Å². The largest absolute Gasteiger partial charge is 0.465 e. The maximum Gasteiger partial charge on any atom is 0.335 e. The second-order valence-electron chi connectivity index (χ2n) is 5.89. The topological polar surface area (TPSA) is 65.1 Å². The summed E-state index contributed by atoms with van der Waals surface area (Å²) in [5.41, 5.74) is 1.08. The van der Waals surface area contributed by atoms with Crippen molar-refractivity contribution < 1.29 is 9.15 Å². The highest BCUT2D eigenvalue weighted by atomic mass is 16.5. The number of ether oxygens (including phenoxy) is 1. The molecule has 6 heteroatoms. The van der Waals surface area contributed by atoms with Gasteiger partial charge in [-0.05, 0) is 33.8 Å². The summed E-state index contributed by atoms with van der Waals surface area (Å²) in [7, 11) is 1.80. The molecule has 6 nitrogen and oxygen atoms in total. The van der Waals surface area contributed by atoms with Gasteiger partial charge in [-0.15, -0.1) is 5.10 Å². The molecule has 110 valence electrons. The Morgan fingerprint density at radius 2 is 2.15 bits per heavy atom. The van der Waals surface area contributed by atoms with Crippen molar-refractivity contribution in [3.8, 4) is 6.01 Å². The zero-order valence-corrected chi connectivity index (χ0v) is 12.7. The van der Waals surface area contributed by atoms with Crippen LogP contribution in [0.25, 0.3) is 0 Å². The molecule has 1 N–H and O–H groups in total. The van der Waals surface area contributed by atoms with Gasteiger partial charge in [-0.3, -0.25) is 4.68 Å². The van der Waals surface area contributed by atoms with Gasteiger partial charge < -0.3 is 14.5 Å². The van der Waals surface area contributed by atoms with E-state index in [2.05, 4.69) is 36.2 Å². The third kappa shape index (κ3) is 4.09. The first-order valence-corrected chi connectivity index (χ1v) is 6.65. The van der Waals surface area contributed by atoms with E-state index in [9.17, 15) is 0 Å². The van der Waals surface area contributed by atoms with Gasteiger partial charge in [0, 0.05) is 18.2 Å². The van der Waals surface area contributed by atoms with Crippen LogP contribution >= 0.6 is 0 Å². The van der Waals surface area contributed by atoms with Crippen LogP contribution in [0.4, 0.5) is 0 Å². The van der Waals surface area contributed by atoms with Crippen LogP contribution in [-0.4, -0.2) is 20.3 Å². The third-order valence-electron chi connectivity index (χ3n) is 2.80. The van der Waals surface area contributed by atoms with Gasteiger partial charge in [0.25, 0.3) is 0 Å². The molecule has 0 unspecified atom stereocenters. The van der Waals surface area contributed by atoms with Crippen LogP contribution in [0.1, 0.15) is 37.9 Å². The first-order valence-electron chi connectivity index (χ1n) is 6.65. The first-order chi connectivity index (χ1) is 9.33. The summed E-state index contributed by atoms with van der Waals surface area (Å²) in [6, 6.07) is 2.39. The van der Waals surface area contributed by atoms with Gasteiger partial charge >= 0.3 is 6.01 Å². The number of nitrogens with zero attached hydrogens (tertiary/aromatic N) is 3. The summed E-state index contributed by atoms with van der Waals surface area (Å²) in [5.74, 6) is 1.77. The number of furan rings is 1. The molecule has 0 aliphatic carbocycles. The standard InChI is InChI=1S/C14H22N4O2/c1-10-11(8-19-13-15-9-18(5)17-13)6-12(20-10)7-16-14(2,3)4/h6,9,16H,7-8H2,1-5H3. The van der Waals surface area contributed by atoms with Gasteiger partial charge in [-0.25, -0.2) is 0 Å². The smallest absolute Gasteiger partial charge is 0.335 e. The number of aryl methyl sites for hydroxylation is 2. The zero-order chi connectivity index (χ0) is 14.8. The van der Waals surface area contributed by atoms with Gasteiger partial charge in [-0.2, -0.15) is 4.98 Å². The lowest BCUT2D eigenvalue weighted by molar-refractivity contribution is 0.277. The molecule has 0 radical (unpaired) electrons. The zero-order valence-electron chi connectivity index (χ0n) is 12.7. The number of nitrogens with one attached hydrogen (secondary N) is 1. The van der Waals surface area contributed by atoms with Crippen molar-refractivity contribution >= 4 is 0 Å². The molecule has 0 spiro atoms. The summed E-state index contributed by atoms with van der Waals surface area (Å²) in [4.78, 5) is 4.02. The molecule has 2 aromatic heterocycles. The molecule has 2 rings (SSSR count). The van der Waals surface area contributed by atoms with E-state index in [0.29, 0.717) is 19.2 Å². The number of aromatic nitrogens is 3. The Hall–Kier alpha value is -1.82. The van der Waals surface area contributed by atoms with Gasteiger partial charge in [0.1, 0.15) is 24.5 Å². The van der Waals surface area contributed by atoms with Crippen LogP contribution in [-0.2, 0) is 20.2 Å². The monoisotopic (exact) mass is 278 g/mol. The highest BCUT2D eigenvalue weighted by Gasteiger charge is 2.13. The molecule has 0 aliphatic rings. The molecular formula is C14H22N4O2. The molecule has 0 amide bonds. The Morgan fingerprint density at radius 3 is 2.75 bits per heavy atom. The SMILES string of the molecule is Cc1oc(CNC(C)(C)C)cc1COc1ncn(C)n1. The van der Waals surface area contributed by atoms with Crippen LogP contribution in [0.15, 0.2) is 16.8 Å². The minimum atomic E-state index is 0.0647. The van der Waals surface area contributed by atoms with Crippen LogP contribution < -0.4 is 10.1 Å². The molecule has 0 bridgehead atoms. The second kappa shape index (κ2) is 5.66. The van der Waals surface area contributed by atoms with Crippen molar-refractivity contribution in [1.82, 2.24) is 20.1 Å². The third-order valence-corrected chi connectivity index (χ3v) is 2.80. The molecule has 20 heavy (non-hydrogen) atoms. The van der Waals surface area contributed by atoms with E-state index in [0.717, 1.165) is 17.1 Å². The molecule has 0 aromatic carbocycles. The minimum Gasteiger partial charge on any atom is -0.465 e. The predicted octanol–water partition coefficient (Wildman–Crippen LogP) is 2.18. The first kappa shape index (κ1) is 14.6. The summed E-state index contributed by atoms with van der Waals surface area (Å²) in [6.45, 7) is 9.42. The molecule has 0 saturated heterocycles. The predicted molar refractivity (Wildman–Crippen MR) is 75.4 cm³/mol. The maximum absolute atomic E-state index is 5.72. The number of hydrogen-bond acceptors (Lipinski definition) is 5. The van der Waals surface area contributed by atoms with E-state index in [1.807, 2.05) is 13.0 Å². The lowest BCUT2D eigenvalue weighted by Gasteiger charge is -2.19. The Morgan fingerprint density at radius 1 is 1.40 bits per heavy atom. The fourth-order valence-electron chi connectivity index (χ4n) is 1.70. The van der Waals surface area contributed by atoms with Gasteiger partial charge in [-0.1, -0.05) is 0 Å². The Balaban J connectivity index is 1.93. The summed E-state index contributed by atoms with van der Waals surface area (Å²) < 4.78 is 12.9. The number of rotatable bonds is 5. The highest BCUT2D eigenvalue weighted by Crippen LogP contribution is 2.17. The van der Waals surface area contributed by atoms with Gasteiger partial charge in [0.05, 0.1) is 6.54 Å². The van der Waals surface area contributed by atoms with Crippen LogP contribution in [0.2, 0.25) is 0 Å². The van der Waals surface area contributed by atoms with Crippen LogP contribution in [0.3, 0.4) is 0 Å². The lowest BCUT2D eigenvalue weighted by Crippen LogP contribution is -2.34. The molecule has 2 heterocycles. The summed E-state index contributed by atoms with van der Waals surface area (Å²) in [6.07, 6.45) is 1.61. The number of hydrogen-bond donors (Lipinski definition) is 1. The van der Waals surface area contributed by atoms with Crippen molar-refractivity contribution in [2.45, 2.75) is 46.4 Å². The molecule has 0 saturated carbocycles. The molecule has 0 atom stereocenters. The van der Waals surface area contributed by atoms with Crippen molar-refractivity contribution in [3.05, 3.63) is 29.5 Å². The fraction of sp³-hybridized carbons (Fsp3) is 0.571.